The van der Waals surface area contributed by atoms with E-state index < -0.39 is 0 Å². The van der Waals surface area contributed by atoms with Crippen LogP contribution >= 0.6 is 70.5 Å². The predicted molar refractivity (Wildman–Crippen MR) is 85.7 cm³/mol. The van der Waals surface area contributed by atoms with Gasteiger partial charge in [0.1, 0.15) is 0 Å². The molecule has 0 amide bonds. The van der Waals surface area contributed by atoms with Gasteiger partial charge in [0.25, 0.3) is 0 Å². The summed E-state index contributed by atoms with van der Waals surface area (Å²) in [5, 5.41) is 2.26. The molecule has 19 heavy (non-hydrogen) atoms. The fourth-order valence-electron chi connectivity index (χ4n) is 1.25. The summed E-state index contributed by atoms with van der Waals surface area (Å²) in [5.41, 5.74) is 0. The molecule has 1 nitrogen and oxygen atoms in total. The average Bonchev–Trinajstić information content (AvgIpc) is 2.26. The standard InChI is InChI=1S/C12H6Cl4OS2/c13-7-1-8(14)4-11(3-7)18-17-19-12-5-9(15)2-10(16)6-12/h1-6H. The smallest absolute Gasteiger partial charge is 0.0448 e. The molecule has 0 spiro atoms. The molecule has 0 aromatic heterocycles. The van der Waals surface area contributed by atoms with Gasteiger partial charge in [-0.15, -0.1) is 0 Å². The monoisotopic (exact) mass is 370 g/mol. The molecule has 0 fully saturated rings. The van der Waals surface area contributed by atoms with Gasteiger partial charge in [-0.2, -0.15) is 0 Å². The van der Waals surface area contributed by atoms with Gasteiger partial charge in [-0.25, -0.2) is 3.63 Å². The van der Waals surface area contributed by atoms with E-state index in [1.54, 1.807) is 36.4 Å². The van der Waals surface area contributed by atoms with Gasteiger partial charge in [0.15, 0.2) is 0 Å². The fraction of sp³-hybridized carbons (Fsp3) is 0. The Hall–Kier alpha value is 0.260. The number of hydrogen-bond donors (Lipinski definition) is 0. The van der Waals surface area contributed by atoms with Gasteiger partial charge in [-0.1, -0.05) is 46.4 Å². The van der Waals surface area contributed by atoms with E-state index in [0.717, 1.165) is 33.9 Å². The van der Waals surface area contributed by atoms with Crippen LogP contribution in [0.4, 0.5) is 0 Å². The fourth-order valence-corrected chi connectivity index (χ4v) is 4.02. The third-order valence-electron chi connectivity index (χ3n) is 1.93. The molecule has 2 rings (SSSR count). The summed E-state index contributed by atoms with van der Waals surface area (Å²) >= 11 is 25.9. The minimum absolute atomic E-state index is 0.564. The van der Waals surface area contributed by atoms with Crippen molar-refractivity contribution in [1.29, 1.82) is 0 Å². The number of halogens is 4. The van der Waals surface area contributed by atoms with Crippen LogP contribution in [-0.2, 0) is 3.63 Å². The first-order chi connectivity index (χ1) is 9.02. The van der Waals surface area contributed by atoms with E-state index in [1.165, 1.54) is 0 Å². The molecule has 0 bridgehead atoms. The minimum atomic E-state index is 0.564. The molecule has 100 valence electrons. The number of benzene rings is 2. The van der Waals surface area contributed by atoms with Crippen LogP contribution in [0.2, 0.25) is 20.1 Å². The van der Waals surface area contributed by atoms with Crippen LogP contribution in [0.5, 0.6) is 0 Å². The Morgan fingerprint density at radius 3 is 1.21 bits per heavy atom. The quantitative estimate of drug-likeness (QED) is 0.533. The molecule has 0 N–H and O–H groups in total. The summed E-state index contributed by atoms with van der Waals surface area (Å²) in [6.07, 6.45) is 0. The molecule has 0 saturated carbocycles. The first-order valence-corrected chi connectivity index (χ1v) is 7.96. The summed E-state index contributed by atoms with van der Waals surface area (Å²) in [7, 11) is 0. The lowest BCUT2D eigenvalue weighted by atomic mass is 10.4. The van der Waals surface area contributed by atoms with Crippen molar-refractivity contribution < 1.29 is 3.63 Å². The van der Waals surface area contributed by atoms with Crippen LogP contribution in [0.3, 0.4) is 0 Å². The Labute approximate surface area is 139 Å². The largest absolute Gasteiger partial charge is 0.237 e. The molecule has 0 aliphatic heterocycles. The van der Waals surface area contributed by atoms with Crippen molar-refractivity contribution in [3.8, 4) is 0 Å². The second-order valence-electron chi connectivity index (χ2n) is 3.45. The average molecular weight is 372 g/mol. The molecular formula is C12H6Cl4OS2. The van der Waals surface area contributed by atoms with Gasteiger partial charge < -0.3 is 0 Å². The second kappa shape index (κ2) is 7.32. The Bertz CT molecular complexity index is 500. The van der Waals surface area contributed by atoms with Gasteiger partial charge in [-0.05, 0) is 36.4 Å². The Balaban J connectivity index is 1.96. The van der Waals surface area contributed by atoms with Crippen LogP contribution in [0, 0.1) is 0 Å². The SMILES string of the molecule is Clc1cc(Cl)cc(SOSc2cc(Cl)cc(Cl)c2)c1. The van der Waals surface area contributed by atoms with Crippen LogP contribution in [0.15, 0.2) is 46.2 Å². The second-order valence-corrected chi connectivity index (χ2v) is 7.01. The number of hydrogen-bond acceptors (Lipinski definition) is 3. The summed E-state index contributed by atoms with van der Waals surface area (Å²) in [4.78, 5) is 1.64. The van der Waals surface area contributed by atoms with E-state index in [1.807, 2.05) is 0 Å². The van der Waals surface area contributed by atoms with Gasteiger partial charge >= 0.3 is 0 Å². The highest BCUT2D eigenvalue weighted by Crippen LogP contribution is 2.34. The van der Waals surface area contributed by atoms with Crippen molar-refractivity contribution >= 4 is 70.5 Å². The molecule has 2 aromatic carbocycles. The molecule has 0 heterocycles. The molecule has 0 unspecified atom stereocenters. The van der Waals surface area contributed by atoms with E-state index in [2.05, 4.69) is 0 Å². The van der Waals surface area contributed by atoms with Crippen LogP contribution < -0.4 is 0 Å². The summed E-state index contributed by atoms with van der Waals surface area (Å²) in [5.74, 6) is 0. The summed E-state index contributed by atoms with van der Waals surface area (Å²) in [6.45, 7) is 0. The highest BCUT2D eigenvalue weighted by Gasteiger charge is 2.03. The maximum absolute atomic E-state index is 5.89. The Morgan fingerprint density at radius 2 is 0.895 bits per heavy atom. The minimum Gasteiger partial charge on any atom is -0.237 e. The van der Waals surface area contributed by atoms with Gasteiger partial charge in [0.2, 0.25) is 0 Å². The Kier molecular flexibility index (Phi) is 6.03. The predicted octanol–water partition coefficient (Wildman–Crippen LogP) is 7.03. The molecular weight excluding hydrogens is 366 g/mol. The van der Waals surface area contributed by atoms with Crippen molar-refractivity contribution in [2.45, 2.75) is 9.79 Å². The molecule has 0 radical (unpaired) electrons. The van der Waals surface area contributed by atoms with Crippen molar-refractivity contribution in [3.05, 3.63) is 56.5 Å². The lowest BCUT2D eigenvalue weighted by Crippen LogP contribution is -1.76. The van der Waals surface area contributed by atoms with Crippen molar-refractivity contribution in [3.63, 3.8) is 0 Å². The van der Waals surface area contributed by atoms with E-state index in [9.17, 15) is 0 Å². The zero-order valence-corrected chi connectivity index (χ0v) is 13.9. The third kappa shape index (κ3) is 5.27. The van der Waals surface area contributed by atoms with Crippen molar-refractivity contribution in [1.82, 2.24) is 0 Å². The maximum Gasteiger partial charge on any atom is 0.0448 e. The van der Waals surface area contributed by atoms with Crippen LogP contribution in [-0.4, -0.2) is 0 Å². The molecule has 0 atom stereocenters. The topological polar surface area (TPSA) is 9.23 Å². The molecule has 0 saturated heterocycles. The van der Waals surface area contributed by atoms with E-state index in [-0.39, 0.29) is 0 Å². The summed E-state index contributed by atoms with van der Waals surface area (Å²) < 4.78 is 5.42. The molecule has 0 aliphatic carbocycles. The zero-order chi connectivity index (χ0) is 13.8. The summed E-state index contributed by atoms with van der Waals surface area (Å²) in [6, 6.07) is 10.4. The highest BCUT2D eigenvalue weighted by molar-refractivity contribution is 8.07. The first-order valence-electron chi connectivity index (χ1n) is 4.96. The first kappa shape index (κ1) is 15.6. The maximum atomic E-state index is 5.89. The Morgan fingerprint density at radius 1 is 0.579 bits per heavy atom. The van der Waals surface area contributed by atoms with E-state index in [4.69, 9.17) is 50.0 Å². The number of rotatable bonds is 4. The highest BCUT2D eigenvalue weighted by atomic mass is 35.5. The van der Waals surface area contributed by atoms with Gasteiger partial charge in [0.05, 0.1) is 0 Å². The van der Waals surface area contributed by atoms with Gasteiger partial charge in [0, 0.05) is 54.0 Å². The normalized spacial score (nSPS) is 10.7. The lowest BCUT2D eigenvalue weighted by molar-refractivity contribution is 0.757. The molecule has 7 heteroatoms. The lowest BCUT2D eigenvalue weighted by Gasteiger charge is -2.04. The molecule has 2 aromatic rings. The molecule has 0 aliphatic rings. The van der Waals surface area contributed by atoms with E-state index in [0.29, 0.717) is 20.1 Å². The van der Waals surface area contributed by atoms with Crippen LogP contribution in [0.25, 0.3) is 0 Å². The van der Waals surface area contributed by atoms with E-state index >= 15 is 0 Å². The van der Waals surface area contributed by atoms with Gasteiger partial charge in [-0.3, -0.25) is 0 Å². The zero-order valence-electron chi connectivity index (χ0n) is 9.20. The third-order valence-corrected chi connectivity index (χ3v) is 4.21. The van der Waals surface area contributed by atoms with Crippen LogP contribution in [0.1, 0.15) is 0 Å². The van der Waals surface area contributed by atoms with Crippen molar-refractivity contribution in [2.24, 2.45) is 0 Å². The van der Waals surface area contributed by atoms with Crippen molar-refractivity contribution in [2.75, 3.05) is 0 Å².